The highest BCUT2D eigenvalue weighted by Gasteiger charge is 2.19. The van der Waals surface area contributed by atoms with Crippen LogP contribution >= 0.6 is 23.1 Å². The Bertz CT molecular complexity index is 570. The molecule has 0 aromatic carbocycles. The fourth-order valence-corrected chi connectivity index (χ4v) is 3.95. The van der Waals surface area contributed by atoms with Crippen molar-refractivity contribution in [1.29, 1.82) is 0 Å². The maximum absolute atomic E-state index is 5.06. The highest BCUT2D eigenvalue weighted by molar-refractivity contribution is 8.01. The largest absolute Gasteiger partial charge is 0.377 e. The molecule has 0 unspecified atom stereocenters. The number of ether oxygens (including phenoxy) is 1. The van der Waals surface area contributed by atoms with E-state index in [1.807, 2.05) is 0 Å². The SMILES string of the molecule is COCc1nnc(Sc2nccnc2N2CCCC2)s1. The van der Waals surface area contributed by atoms with E-state index in [9.17, 15) is 0 Å². The van der Waals surface area contributed by atoms with Crippen LogP contribution in [0.2, 0.25) is 0 Å². The van der Waals surface area contributed by atoms with Crippen LogP contribution in [0.15, 0.2) is 21.8 Å². The Labute approximate surface area is 125 Å². The van der Waals surface area contributed by atoms with Gasteiger partial charge in [-0.1, -0.05) is 11.3 Å². The van der Waals surface area contributed by atoms with Gasteiger partial charge in [0.15, 0.2) is 10.2 Å². The maximum Gasteiger partial charge on any atom is 0.180 e. The van der Waals surface area contributed by atoms with E-state index in [1.165, 1.54) is 35.9 Å². The number of hydrogen-bond donors (Lipinski definition) is 0. The van der Waals surface area contributed by atoms with Crippen LogP contribution in [-0.4, -0.2) is 40.4 Å². The molecular weight excluding hydrogens is 294 g/mol. The molecule has 8 heteroatoms. The number of methoxy groups -OCH3 is 1. The zero-order valence-electron chi connectivity index (χ0n) is 11.2. The van der Waals surface area contributed by atoms with E-state index in [0.717, 1.165) is 33.3 Å². The van der Waals surface area contributed by atoms with Gasteiger partial charge in [0.25, 0.3) is 0 Å². The van der Waals surface area contributed by atoms with Crippen LogP contribution in [0.5, 0.6) is 0 Å². The third kappa shape index (κ3) is 3.08. The van der Waals surface area contributed by atoms with Crippen LogP contribution < -0.4 is 4.90 Å². The normalized spacial score (nSPS) is 14.9. The molecule has 1 fully saturated rings. The summed E-state index contributed by atoms with van der Waals surface area (Å²) in [5.74, 6) is 0.957. The van der Waals surface area contributed by atoms with Gasteiger partial charge in [-0.15, -0.1) is 10.2 Å². The van der Waals surface area contributed by atoms with Crippen LogP contribution in [0.1, 0.15) is 17.8 Å². The molecule has 3 heterocycles. The van der Waals surface area contributed by atoms with Gasteiger partial charge in [0.05, 0.1) is 6.61 Å². The van der Waals surface area contributed by atoms with Gasteiger partial charge in [-0.3, -0.25) is 0 Å². The number of anilines is 1. The molecule has 20 heavy (non-hydrogen) atoms. The van der Waals surface area contributed by atoms with Gasteiger partial charge in [-0.05, 0) is 24.6 Å². The standard InChI is InChI=1S/C12H15N5OS2/c1-18-8-9-15-16-12(19-9)20-11-10(13-4-5-14-11)17-6-2-3-7-17/h4-5H,2-3,6-8H2,1H3. The first-order chi connectivity index (χ1) is 9.86. The molecule has 0 bridgehead atoms. The van der Waals surface area contributed by atoms with Crippen LogP contribution in [0.25, 0.3) is 0 Å². The molecule has 1 saturated heterocycles. The summed E-state index contributed by atoms with van der Waals surface area (Å²) >= 11 is 3.05. The second-order valence-corrected chi connectivity index (χ2v) is 6.67. The molecule has 1 aliphatic rings. The third-order valence-corrected chi connectivity index (χ3v) is 4.88. The number of nitrogens with zero attached hydrogens (tertiary/aromatic N) is 5. The van der Waals surface area contributed by atoms with E-state index < -0.39 is 0 Å². The van der Waals surface area contributed by atoms with Crippen molar-refractivity contribution in [3.63, 3.8) is 0 Å². The Balaban J connectivity index is 1.79. The van der Waals surface area contributed by atoms with Crippen LogP contribution in [-0.2, 0) is 11.3 Å². The van der Waals surface area contributed by atoms with Gasteiger partial charge in [0.1, 0.15) is 10.0 Å². The Morgan fingerprint density at radius 1 is 1.25 bits per heavy atom. The molecule has 0 saturated carbocycles. The van der Waals surface area contributed by atoms with E-state index in [0.29, 0.717) is 6.61 Å². The lowest BCUT2D eigenvalue weighted by molar-refractivity contribution is 0.184. The van der Waals surface area contributed by atoms with Crippen molar-refractivity contribution in [2.24, 2.45) is 0 Å². The van der Waals surface area contributed by atoms with Crippen molar-refractivity contribution in [3.05, 3.63) is 17.4 Å². The van der Waals surface area contributed by atoms with Crippen molar-refractivity contribution in [1.82, 2.24) is 20.2 Å². The van der Waals surface area contributed by atoms with Gasteiger partial charge >= 0.3 is 0 Å². The molecule has 106 valence electrons. The smallest absolute Gasteiger partial charge is 0.180 e. The van der Waals surface area contributed by atoms with Gasteiger partial charge in [0.2, 0.25) is 0 Å². The summed E-state index contributed by atoms with van der Waals surface area (Å²) in [5.41, 5.74) is 0. The third-order valence-electron chi connectivity index (χ3n) is 2.95. The molecule has 0 aliphatic carbocycles. The molecule has 6 nitrogen and oxygen atoms in total. The minimum atomic E-state index is 0.498. The fraction of sp³-hybridized carbons (Fsp3) is 0.500. The second-order valence-electron chi connectivity index (χ2n) is 4.38. The zero-order valence-corrected chi connectivity index (χ0v) is 12.8. The second kappa shape index (κ2) is 6.47. The molecule has 0 N–H and O–H groups in total. The van der Waals surface area contributed by atoms with E-state index in [4.69, 9.17) is 4.74 Å². The van der Waals surface area contributed by atoms with Gasteiger partial charge in [-0.25, -0.2) is 9.97 Å². The lowest BCUT2D eigenvalue weighted by Crippen LogP contribution is -2.20. The number of rotatable bonds is 5. The van der Waals surface area contributed by atoms with Crippen molar-refractivity contribution < 1.29 is 4.74 Å². The summed E-state index contributed by atoms with van der Waals surface area (Å²) in [6.45, 7) is 2.60. The van der Waals surface area contributed by atoms with Crippen LogP contribution in [0, 0.1) is 0 Å². The van der Waals surface area contributed by atoms with Gasteiger partial charge < -0.3 is 9.64 Å². The molecule has 2 aromatic rings. The lowest BCUT2D eigenvalue weighted by Gasteiger charge is -2.17. The summed E-state index contributed by atoms with van der Waals surface area (Å²) in [6, 6.07) is 0. The van der Waals surface area contributed by atoms with Gasteiger partial charge in [0, 0.05) is 32.6 Å². The Kier molecular flexibility index (Phi) is 4.44. The summed E-state index contributed by atoms with van der Waals surface area (Å²) in [4.78, 5) is 11.2. The summed E-state index contributed by atoms with van der Waals surface area (Å²) in [6.07, 6.45) is 5.90. The topological polar surface area (TPSA) is 64.0 Å². The Morgan fingerprint density at radius 3 is 2.85 bits per heavy atom. The lowest BCUT2D eigenvalue weighted by atomic mass is 10.4. The van der Waals surface area contributed by atoms with Crippen molar-refractivity contribution >= 4 is 28.9 Å². The summed E-state index contributed by atoms with van der Waals surface area (Å²) < 4.78 is 5.93. The molecule has 0 amide bonds. The average Bonchev–Trinajstić information content (AvgIpc) is 3.12. The van der Waals surface area contributed by atoms with E-state index in [-0.39, 0.29) is 0 Å². The molecule has 3 rings (SSSR count). The van der Waals surface area contributed by atoms with Crippen LogP contribution in [0.3, 0.4) is 0 Å². The average molecular weight is 309 g/mol. The molecule has 0 radical (unpaired) electrons. The first-order valence-electron chi connectivity index (χ1n) is 6.42. The summed E-state index contributed by atoms with van der Waals surface area (Å²) in [5, 5.41) is 10.0. The highest BCUT2D eigenvalue weighted by atomic mass is 32.2. The highest BCUT2D eigenvalue weighted by Crippen LogP contribution is 2.34. The molecule has 0 atom stereocenters. The summed E-state index contributed by atoms with van der Waals surface area (Å²) in [7, 11) is 1.66. The van der Waals surface area contributed by atoms with E-state index >= 15 is 0 Å². The number of hydrogen-bond acceptors (Lipinski definition) is 8. The Morgan fingerprint density at radius 2 is 2.05 bits per heavy atom. The fourth-order valence-electron chi connectivity index (χ4n) is 2.08. The monoisotopic (exact) mass is 309 g/mol. The Hall–Kier alpha value is -1.25. The molecule has 2 aromatic heterocycles. The van der Waals surface area contributed by atoms with Crippen molar-refractivity contribution in [2.45, 2.75) is 28.8 Å². The van der Waals surface area contributed by atoms with Crippen LogP contribution in [0.4, 0.5) is 5.82 Å². The predicted octanol–water partition coefficient (Wildman–Crippen LogP) is 2.23. The van der Waals surface area contributed by atoms with E-state index in [2.05, 4.69) is 25.1 Å². The van der Waals surface area contributed by atoms with E-state index in [1.54, 1.807) is 19.5 Å². The molecule has 0 spiro atoms. The predicted molar refractivity (Wildman–Crippen MR) is 78.2 cm³/mol. The molecule has 1 aliphatic heterocycles. The molecular formula is C12H15N5OS2. The van der Waals surface area contributed by atoms with Gasteiger partial charge in [-0.2, -0.15) is 0 Å². The van der Waals surface area contributed by atoms with Crippen molar-refractivity contribution in [3.8, 4) is 0 Å². The zero-order chi connectivity index (χ0) is 13.8. The van der Waals surface area contributed by atoms with Crippen molar-refractivity contribution in [2.75, 3.05) is 25.1 Å². The maximum atomic E-state index is 5.06. The minimum Gasteiger partial charge on any atom is -0.377 e. The minimum absolute atomic E-state index is 0.498. The quantitative estimate of drug-likeness (QED) is 0.839. The first kappa shape index (κ1) is 13.7. The number of aromatic nitrogens is 4. The first-order valence-corrected chi connectivity index (χ1v) is 8.05.